The summed E-state index contributed by atoms with van der Waals surface area (Å²) in [5.41, 5.74) is -2.85. The van der Waals surface area contributed by atoms with Crippen LogP contribution in [0.2, 0.25) is 0 Å². The van der Waals surface area contributed by atoms with Crippen LogP contribution in [0.5, 0.6) is 0 Å². The first-order chi connectivity index (χ1) is 9.67. The summed E-state index contributed by atoms with van der Waals surface area (Å²) in [4.78, 5) is 15.8. The van der Waals surface area contributed by atoms with Gasteiger partial charge in [0.2, 0.25) is 0 Å². The molecule has 0 bridgehead atoms. The molecule has 1 fully saturated rings. The number of likely N-dealkylation sites (tertiary alicyclic amines) is 1. The smallest absolute Gasteiger partial charge is 0.406 e. The van der Waals surface area contributed by atoms with Gasteiger partial charge >= 0.3 is 18.7 Å². The fourth-order valence-corrected chi connectivity index (χ4v) is 2.40. The molecule has 1 N–H and O–H groups in total. The number of aliphatic carboxylic acids is 1. The average Bonchev–Trinajstić information content (AvgIpc) is 2.95. The van der Waals surface area contributed by atoms with E-state index >= 15 is 0 Å². The topological polar surface area (TPSA) is 58.4 Å². The number of aromatic nitrogens is 2. The molecule has 1 atom stereocenters. The van der Waals surface area contributed by atoms with Crippen LogP contribution < -0.4 is 0 Å². The van der Waals surface area contributed by atoms with E-state index in [4.69, 9.17) is 5.11 Å². The van der Waals surface area contributed by atoms with Crippen LogP contribution in [0.15, 0.2) is 12.4 Å². The third-order valence-electron chi connectivity index (χ3n) is 3.62. The fraction of sp³-hybridized carbons (Fsp3) is 0.636. The molecular formula is C11H12F5N3O2. The van der Waals surface area contributed by atoms with E-state index in [0.717, 1.165) is 12.4 Å². The van der Waals surface area contributed by atoms with Crippen LogP contribution in [0.4, 0.5) is 22.0 Å². The Morgan fingerprint density at radius 1 is 1.48 bits per heavy atom. The predicted octanol–water partition coefficient (Wildman–Crippen LogP) is 2.12. The first-order valence-electron chi connectivity index (χ1n) is 6.00. The summed E-state index contributed by atoms with van der Waals surface area (Å²) in [6.45, 7) is -4.04. The molecule has 1 aromatic rings. The van der Waals surface area contributed by atoms with E-state index in [0.29, 0.717) is 4.57 Å². The summed E-state index contributed by atoms with van der Waals surface area (Å²) >= 11 is 0. The summed E-state index contributed by atoms with van der Waals surface area (Å²) in [7, 11) is 0. The highest BCUT2D eigenvalue weighted by atomic mass is 19.4. The molecule has 0 aromatic carbocycles. The molecule has 1 aliphatic heterocycles. The molecule has 2 rings (SSSR count). The quantitative estimate of drug-likeness (QED) is 0.865. The normalized spacial score (nSPS) is 23.9. The molecule has 0 radical (unpaired) electrons. The molecule has 0 saturated carbocycles. The zero-order valence-corrected chi connectivity index (χ0v) is 10.6. The maximum atomic E-state index is 13.0. The molecule has 1 saturated heterocycles. The molecule has 1 aromatic heterocycles. The summed E-state index contributed by atoms with van der Waals surface area (Å²) in [6, 6.07) is 0. The maximum Gasteiger partial charge on any atom is 0.406 e. The lowest BCUT2D eigenvalue weighted by Gasteiger charge is -2.27. The van der Waals surface area contributed by atoms with E-state index in [1.807, 2.05) is 0 Å². The number of carboxylic acids is 1. The number of carboxylic acid groups (broad SMARTS) is 1. The molecule has 10 heteroatoms. The molecular weight excluding hydrogens is 301 g/mol. The monoisotopic (exact) mass is 313 g/mol. The number of nitrogens with zero attached hydrogens (tertiary/aromatic N) is 3. The second-order valence-electron chi connectivity index (χ2n) is 4.87. The van der Waals surface area contributed by atoms with Crippen molar-refractivity contribution >= 4 is 5.97 Å². The van der Waals surface area contributed by atoms with Gasteiger partial charge in [0.1, 0.15) is 5.82 Å². The number of alkyl halides is 5. The van der Waals surface area contributed by atoms with Crippen molar-refractivity contribution in [2.45, 2.75) is 25.7 Å². The minimum atomic E-state index is -4.90. The molecule has 21 heavy (non-hydrogen) atoms. The van der Waals surface area contributed by atoms with Crippen LogP contribution in [0.1, 0.15) is 18.8 Å². The fourth-order valence-electron chi connectivity index (χ4n) is 2.40. The lowest BCUT2D eigenvalue weighted by Crippen LogP contribution is -2.47. The van der Waals surface area contributed by atoms with Crippen molar-refractivity contribution in [3.05, 3.63) is 18.2 Å². The zero-order chi connectivity index (χ0) is 15.8. The average molecular weight is 313 g/mol. The van der Waals surface area contributed by atoms with Crippen molar-refractivity contribution in [3.63, 3.8) is 0 Å². The standard InChI is InChI=1S/C11H12F5N3O2/c12-9(13)19-4-2-17-7(19)5-18-3-1-10(6-18,8(20)21)11(14,15)16/h2,4,9H,1,3,5-6H2,(H,20,21). The van der Waals surface area contributed by atoms with Gasteiger partial charge in [0, 0.05) is 25.5 Å². The van der Waals surface area contributed by atoms with Crippen molar-refractivity contribution in [2.24, 2.45) is 5.41 Å². The van der Waals surface area contributed by atoms with Gasteiger partial charge in [-0.2, -0.15) is 22.0 Å². The summed E-state index contributed by atoms with van der Waals surface area (Å²) in [5, 5.41) is 8.90. The van der Waals surface area contributed by atoms with Crippen molar-refractivity contribution in [2.75, 3.05) is 13.1 Å². The molecule has 5 nitrogen and oxygen atoms in total. The van der Waals surface area contributed by atoms with Crippen LogP contribution in [0.3, 0.4) is 0 Å². The van der Waals surface area contributed by atoms with Crippen molar-refractivity contribution < 1.29 is 31.9 Å². The van der Waals surface area contributed by atoms with Crippen molar-refractivity contribution in [3.8, 4) is 0 Å². The highest BCUT2D eigenvalue weighted by Gasteiger charge is 2.63. The van der Waals surface area contributed by atoms with Gasteiger partial charge in [-0.3, -0.25) is 14.3 Å². The summed E-state index contributed by atoms with van der Waals surface area (Å²) in [5.74, 6) is -2.05. The molecule has 2 heterocycles. The summed E-state index contributed by atoms with van der Waals surface area (Å²) < 4.78 is 64.7. The molecule has 0 amide bonds. The number of halogens is 5. The van der Waals surface area contributed by atoms with Gasteiger partial charge in [0.05, 0.1) is 6.54 Å². The number of carbonyl (C=O) groups is 1. The van der Waals surface area contributed by atoms with Crippen LogP contribution in [-0.4, -0.2) is 44.8 Å². The highest BCUT2D eigenvalue weighted by Crippen LogP contribution is 2.45. The second kappa shape index (κ2) is 5.24. The van der Waals surface area contributed by atoms with Crippen molar-refractivity contribution in [1.29, 1.82) is 0 Å². The van der Waals surface area contributed by atoms with E-state index < -0.39 is 37.1 Å². The largest absolute Gasteiger partial charge is 0.481 e. The SMILES string of the molecule is O=C(O)C1(C(F)(F)F)CCN(Cc2nccn2C(F)F)C1. The molecule has 0 aliphatic carbocycles. The Kier molecular flexibility index (Phi) is 3.91. The second-order valence-corrected chi connectivity index (χ2v) is 4.87. The summed E-state index contributed by atoms with van der Waals surface area (Å²) in [6.07, 6.45) is -3.37. The van der Waals surface area contributed by atoms with Crippen LogP contribution in [0.25, 0.3) is 0 Å². The minimum Gasteiger partial charge on any atom is -0.481 e. The number of hydrogen-bond acceptors (Lipinski definition) is 3. The zero-order valence-electron chi connectivity index (χ0n) is 10.6. The van der Waals surface area contributed by atoms with E-state index in [9.17, 15) is 26.7 Å². The molecule has 1 aliphatic rings. The van der Waals surface area contributed by atoms with Gasteiger partial charge in [-0.1, -0.05) is 0 Å². The lowest BCUT2D eigenvalue weighted by molar-refractivity contribution is -0.227. The predicted molar refractivity (Wildman–Crippen MR) is 59.5 cm³/mol. The van der Waals surface area contributed by atoms with Gasteiger partial charge in [-0.25, -0.2) is 4.98 Å². The Morgan fingerprint density at radius 2 is 2.14 bits per heavy atom. The number of rotatable bonds is 4. The van der Waals surface area contributed by atoms with Crippen molar-refractivity contribution in [1.82, 2.24) is 14.5 Å². The van der Waals surface area contributed by atoms with Crippen LogP contribution >= 0.6 is 0 Å². The van der Waals surface area contributed by atoms with Crippen LogP contribution in [-0.2, 0) is 11.3 Å². The first kappa shape index (κ1) is 15.7. The van der Waals surface area contributed by atoms with E-state index in [1.54, 1.807) is 0 Å². The molecule has 0 spiro atoms. The van der Waals surface area contributed by atoms with Gasteiger partial charge in [-0.05, 0) is 6.42 Å². The Morgan fingerprint density at radius 3 is 2.62 bits per heavy atom. The number of imidazole rings is 1. The molecule has 118 valence electrons. The Labute approximate surface area is 116 Å². The lowest BCUT2D eigenvalue weighted by atomic mass is 9.86. The van der Waals surface area contributed by atoms with E-state index in [-0.39, 0.29) is 18.9 Å². The Hall–Kier alpha value is -1.71. The number of hydrogen-bond donors (Lipinski definition) is 1. The van der Waals surface area contributed by atoms with E-state index in [1.165, 1.54) is 4.90 Å². The van der Waals surface area contributed by atoms with Crippen LogP contribution in [0, 0.1) is 5.41 Å². The van der Waals surface area contributed by atoms with Gasteiger partial charge in [-0.15, -0.1) is 0 Å². The third kappa shape index (κ3) is 2.71. The molecule has 1 unspecified atom stereocenters. The van der Waals surface area contributed by atoms with Gasteiger partial charge in [0.25, 0.3) is 0 Å². The first-order valence-corrected chi connectivity index (χ1v) is 6.00. The Bertz CT molecular complexity index is 530. The Balaban J connectivity index is 2.15. The van der Waals surface area contributed by atoms with Gasteiger partial charge < -0.3 is 5.11 Å². The highest BCUT2D eigenvalue weighted by molar-refractivity contribution is 5.76. The third-order valence-corrected chi connectivity index (χ3v) is 3.62. The van der Waals surface area contributed by atoms with E-state index in [2.05, 4.69) is 4.98 Å². The maximum absolute atomic E-state index is 13.0. The minimum absolute atomic E-state index is 0.103. The van der Waals surface area contributed by atoms with Gasteiger partial charge in [0.15, 0.2) is 5.41 Å².